The van der Waals surface area contributed by atoms with Gasteiger partial charge in [-0.15, -0.1) is 0 Å². The Morgan fingerprint density at radius 1 is 1.20 bits per heavy atom. The van der Waals surface area contributed by atoms with Crippen molar-refractivity contribution in [3.8, 4) is 0 Å². The zero-order valence-corrected chi connectivity index (χ0v) is 5.39. The van der Waals surface area contributed by atoms with E-state index in [4.69, 9.17) is 5.73 Å². The number of rotatable bonds is 0. The molecule has 2 nitrogen and oxygen atoms in total. The number of fused-ring (bicyclic) bond motifs is 1. The predicted octanol–water partition coefficient (Wildman–Crippen LogP) is 2.08. The average Bonchev–Trinajstić information content (AvgIpc) is 2.34. The van der Waals surface area contributed by atoms with E-state index >= 15 is 0 Å². The standard InChI is InChI=1S/C8H7N2/c9-7-5-10-8-4-2-1-3-6(7)8/h1-5,9-10H. The Morgan fingerprint density at radius 3 is 2.80 bits per heavy atom. The van der Waals surface area contributed by atoms with Gasteiger partial charge in [-0.2, -0.15) is 0 Å². The number of hydrogen-bond donors (Lipinski definition) is 1. The molecular formula is C8H7N2. The van der Waals surface area contributed by atoms with Crippen molar-refractivity contribution in [1.82, 2.24) is 10.7 Å². The van der Waals surface area contributed by atoms with Crippen LogP contribution < -0.4 is 5.73 Å². The number of H-pyrrole nitrogens is 1. The Labute approximate surface area is 58.7 Å². The summed E-state index contributed by atoms with van der Waals surface area (Å²) in [6, 6.07) is 7.80. The third-order valence-electron chi connectivity index (χ3n) is 1.59. The van der Waals surface area contributed by atoms with E-state index in [-0.39, 0.29) is 0 Å². The van der Waals surface area contributed by atoms with Crippen LogP contribution in [0.3, 0.4) is 0 Å². The Balaban J connectivity index is 2.93. The zero-order valence-electron chi connectivity index (χ0n) is 5.39. The summed E-state index contributed by atoms with van der Waals surface area (Å²) in [6.45, 7) is 0. The smallest absolute Gasteiger partial charge is 0.0793 e. The summed E-state index contributed by atoms with van der Waals surface area (Å²) < 4.78 is 0. The summed E-state index contributed by atoms with van der Waals surface area (Å²) in [7, 11) is 0. The first-order valence-electron chi connectivity index (χ1n) is 3.15. The second-order valence-corrected chi connectivity index (χ2v) is 2.25. The monoisotopic (exact) mass is 131 g/mol. The molecule has 0 aliphatic heterocycles. The van der Waals surface area contributed by atoms with Crippen molar-refractivity contribution in [1.29, 1.82) is 0 Å². The molecule has 0 fully saturated rings. The Hall–Kier alpha value is -1.44. The number of benzene rings is 1. The molecule has 0 saturated carbocycles. The summed E-state index contributed by atoms with van der Waals surface area (Å²) in [5.74, 6) is 0. The van der Waals surface area contributed by atoms with Gasteiger partial charge >= 0.3 is 0 Å². The van der Waals surface area contributed by atoms with E-state index in [1.165, 1.54) is 0 Å². The van der Waals surface area contributed by atoms with Crippen LogP contribution in [-0.2, 0) is 0 Å². The lowest BCUT2D eigenvalue weighted by atomic mass is 10.2. The van der Waals surface area contributed by atoms with Crippen molar-refractivity contribution in [2.24, 2.45) is 0 Å². The highest BCUT2D eigenvalue weighted by atomic mass is 14.7. The minimum absolute atomic E-state index is 0.565. The van der Waals surface area contributed by atoms with E-state index in [0.29, 0.717) is 5.69 Å². The summed E-state index contributed by atoms with van der Waals surface area (Å²) in [5, 5.41) is 0.988. The maximum atomic E-state index is 7.41. The van der Waals surface area contributed by atoms with Crippen LogP contribution in [0.15, 0.2) is 30.5 Å². The maximum Gasteiger partial charge on any atom is 0.0793 e. The molecule has 2 heteroatoms. The molecule has 0 spiro atoms. The lowest BCUT2D eigenvalue weighted by Crippen LogP contribution is -1.64. The molecule has 0 bridgehead atoms. The van der Waals surface area contributed by atoms with Gasteiger partial charge in [-0.25, -0.2) is 0 Å². The second-order valence-electron chi connectivity index (χ2n) is 2.25. The van der Waals surface area contributed by atoms with Crippen molar-refractivity contribution < 1.29 is 0 Å². The third-order valence-corrected chi connectivity index (χ3v) is 1.59. The molecule has 10 heavy (non-hydrogen) atoms. The molecule has 2 N–H and O–H groups in total. The van der Waals surface area contributed by atoms with Crippen molar-refractivity contribution >= 4 is 16.6 Å². The molecule has 0 unspecified atom stereocenters. The zero-order chi connectivity index (χ0) is 6.97. The van der Waals surface area contributed by atoms with Crippen LogP contribution in [0.5, 0.6) is 0 Å². The summed E-state index contributed by atoms with van der Waals surface area (Å²) in [5.41, 5.74) is 9.01. The van der Waals surface area contributed by atoms with Crippen molar-refractivity contribution in [2.75, 3.05) is 0 Å². The highest BCUT2D eigenvalue weighted by Crippen LogP contribution is 2.19. The molecule has 2 rings (SSSR count). The highest BCUT2D eigenvalue weighted by molar-refractivity contribution is 5.89. The SMILES string of the molecule is [NH]c1c[nH]c2ccccc12. The number of nitrogens with one attached hydrogen (secondary N) is 2. The van der Waals surface area contributed by atoms with E-state index in [9.17, 15) is 0 Å². The second kappa shape index (κ2) is 1.77. The molecule has 0 aliphatic carbocycles. The Morgan fingerprint density at radius 2 is 2.00 bits per heavy atom. The molecule has 0 amide bonds. The molecule has 2 aromatic rings. The molecular weight excluding hydrogens is 124 g/mol. The number of para-hydroxylation sites is 1. The van der Waals surface area contributed by atoms with Crippen molar-refractivity contribution in [3.05, 3.63) is 30.5 Å². The topological polar surface area (TPSA) is 39.6 Å². The van der Waals surface area contributed by atoms with Gasteiger partial charge < -0.3 is 4.98 Å². The molecule has 1 radical (unpaired) electrons. The van der Waals surface area contributed by atoms with Gasteiger partial charge in [0.25, 0.3) is 0 Å². The van der Waals surface area contributed by atoms with E-state index in [1.54, 1.807) is 6.20 Å². The molecule has 1 heterocycles. The third kappa shape index (κ3) is 0.589. The quantitative estimate of drug-likeness (QED) is 0.568. The van der Waals surface area contributed by atoms with Crippen molar-refractivity contribution in [3.63, 3.8) is 0 Å². The fourth-order valence-electron chi connectivity index (χ4n) is 1.07. The van der Waals surface area contributed by atoms with Crippen LogP contribution in [0.4, 0.5) is 5.69 Å². The Kier molecular flexibility index (Phi) is 0.947. The van der Waals surface area contributed by atoms with Gasteiger partial charge in [0.05, 0.1) is 5.69 Å². The minimum atomic E-state index is 0.565. The maximum absolute atomic E-state index is 7.41. The van der Waals surface area contributed by atoms with Crippen LogP contribution in [0.25, 0.3) is 10.9 Å². The lowest BCUT2D eigenvalue weighted by molar-refractivity contribution is 1.44. The summed E-state index contributed by atoms with van der Waals surface area (Å²) in [6.07, 6.45) is 1.70. The number of aromatic nitrogens is 1. The van der Waals surface area contributed by atoms with Gasteiger partial charge in [-0.05, 0) is 6.07 Å². The van der Waals surface area contributed by atoms with Gasteiger partial charge in [0.2, 0.25) is 0 Å². The Bertz CT molecular complexity index is 349. The molecule has 49 valence electrons. The van der Waals surface area contributed by atoms with Crippen LogP contribution >= 0.6 is 0 Å². The van der Waals surface area contributed by atoms with Gasteiger partial charge in [0, 0.05) is 17.1 Å². The van der Waals surface area contributed by atoms with E-state index in [0.717, 1.165) is 10.9 Å². The molecule has 0 aliphatic rings. The summed E-state index contributed by atoms with van der Waals surface area (Å²) in [4.78, 5) is 3.00. The van der Waals surface area contributed by atoms with Crippen molar-refractivity contribution in [2.45, 2.75) is 0 Å². The van der Waals surface area contributed by atoms with Gasteiger partial charge in [0.1, 0.15) is 0 Å². The fraction of sp³-hybridized carbons (Fsp3) is 0. The normalized spacial score (nSPS) is 10.4. The van der Waals surface area contributed by atoms with E-state index in [2.05, 4.69) is 4.98 Å². The van der Waals surface area contributed by atoms with Crippen LogP contribution in [0, 0.1) is 0 Å². The molecule has 0 saturated heterocycles. The lowest BCUT2D eigenvalue weighted by Gasteiger charge is -1.86. The minimum Gasteiger partial charge on any atom is -0.359 e. The number of aromatic amines is 1. The van der Waals surface area contributed by atoms with Gasteiger partial charge in [-0.3, -0.25) is 5.73 Å². The van der Waals surface area contributed by atoms with Gasteiger partial charge in [0.15, 0.2) is 0 Å². The molecule has 1 aromatic heterocycles. The average molecular weight is 131 g/mol. The molecule has 0 atom stereocenters. The molecule has 1 aromatic carbocycles. The predicted molar refractivity (Wildman–Crippen MR) is 41.1 cm³/mol. The van der Waals surface area contributed by atoms with Crippen LogP contribution in [0.1, 0.15) is 0 Å². The summed E-state index contributed by atoms with van der Waals surface area (Å²) >= 11 is 0. The van der Waals surface area contributed by atoms with Crippen LogP contribution in [0.2, 0.25) is 0 Å². The number of hydrogen-bond acceptors (Lipinski definition) is 0. The van der Waals surface area contributed by atoms with E-state index in [1.807, 2.05) is 24.3 Å². The highest BCUT2D eigenvalue weighted by Gasteiger charge is 1.96. The van der Waals surface area contributed by atoms with Gasteiger partial charge in [-0.1, -0.05) is 18.2 Å². The first kappa shape index (κ1) is 5.35. The first-order valence-corrected chi connectivity index (χ1v) is 3.15. The van der Waals surface area contributed by atoms with Crippen LogP contribution in [-0.4, -0.2) is 4.98 Å². The first-order chi connectivity index (χ1) is 4.88. The fourth-order valence-corrected chi connectivity index (χ4v) is 1.07. The largest absolute Gasteiger partial charge is 0.359 e. The van der Waals surface area contributed by atoms with E-state index < -0.39 is 0 Å².